The molecular formula is C35H51N3O3. The number of Topliss-reactive ketones (excluding diaryl/α,β-unsaturated/α-hetero) is 2. The summed E-state index contributed by atoms with van der Waals surface area (Å²) < 4.78 is 5.27. The van der Waals surface area contributed by atoms with Crippen LogP contribution in [0, 0.1) is 75.9 Å². The van der Waals surface area contributed by atoms with Crippen molar-refractivity contribution >= 4 is 11.6 Å². The lowest BCUT2D eigenvalue weighted by Gasteiger charge is -2.67. The molecule has 0 amide bonds. The molecule has 1 N–H and O–H groups in total. The molecule has 6 nitrogen and oxygen atoms in total. The average Bonchev–Trinajstić information content (AvgIpc) is 3.37. The van der Waals surface area contributed by atoms with Crippen molar-refractivity contribution in [2.75, 3.05) is 6.54 Å². The summed E-state index contributed by atoms with van der Waals surface area (Å²) in [5.74, 6) is 3.12. The summed E-state index contributed by atoms with van der Waals surface area (Å²) >= 11 is 0. The summed E-state index contributed by atoms with van der Waals surface area (Å²) in [6, 6.07) is 4.20. The molecule has 5 aliphatic rings. The van der Waals surface area contributed by atoms with E-state index >= 15 is 0 Å². The molecule has 10 unspecified atom stereocenters. The molecule has 1 aromatic rings. The first kappa shape index (κ1) is 30.2. The van der Waals surface area contributed by atoms with Crippen LogP contribution in [-0.2, 0) is 16.1 Å². The molecule has 1 aromatic heterocycles. The maximum Gasteiger partial charge on any atom is 0.176 e. The predicted octanol–water partition coefficient (Wildman–Crippen LogP) is 7.23. The topological polar surface area (TPSA) is 96.0 Å². The average molecular weight is 562 g/mol. The third-order valence-electron chi connectivity index (χ3n) is 12.7. The molecule has 0 saturated heterocycles. The molecule has 10 atom stereocenters. The number of rotatable bonds is 4. The van der Waals surface area contributed by atoms with Crippen LogP contribution < -0.4 is 5.32 Å². The fraction of sp³-hybridized carbons (Fsp3) is 0.771. The molecule has 224 valence electrons. The van der Waals surface area contributed by atoms with E-state index < -0.39 is 0 Å². The number of allylic oxidation sites excluding steroid dienone is 2. The largest absolute Gasteiger partial charge is 0.361 e. The van der Waals surface area contributed by atoms with Gasteiger partial charge >= 0.3 is 0 Å². The van der Waals surface area contributed by atoms with Gasteiger partial charge in [-0.05, 0) is 91.3 Å². The Balaban J connectivity index is 0.00000165. The van der Waals surface area contributed by atoms with Gasteiger partial charge in [-0.1, -0.05) is 59.2 Å². The van der Waals surface area contributed by atoms with Crippen molar-refractivity contribution in [3.8, 4) is 6.07 Å². The predicted molar refractivity (Wildman–Crippen MR) is 159 cm³/mol. The third-order valence-corrected chi connectivity index (χ3v) is 12.7. The number of hydrogen-bond donors (Lipinski definition) is 1. The number of aromatic nitrogens is 1. The molecule has 0 radical (unpaired) electrons. The standard InChI is InChI=1S/C33H45N3O3.C2H6/c1-19-6-10-33(18-35-17-23-13-20(2)39-36-23)11-8-25-29(26(33)12-19)27(37)14-28-31(25,4)9-7-24-21(3)30(38)22(16-34)15-32(24,28)5;1-2/h13,15,19,21,24-26,28-29,35H,6-12,14,17-18H2,1-5H3;1-2H3. The highest BCUT2D eigenvalue weighted by Crippen LogP contribution is 2.70. The highest BCUT2D eigenvalue weighted by molar-refractivity contribution is 6.01. The quantitative estimate of drug-likeness (QED) is 0.417. The smallest absolute Gasteiger partial charge is 0.176 e. The lowest BCUT2D eigenvalue weighted by atomic mass is 9.37. The lowest BCUT2D eigenvalue weighted by Crippen LogP contribution is -2.64. The van der Waals surface area contributed by atoms with Gasteiger partial charge in [0.15, 0.2) is 5.78 Å². The monoisotopic (exact) mass is 561 g/mol. The Morgan fingerprint density at radius 2 is 1.78 bits per heavy atom. The molecule has 0 bridgehead atoms. The number of carbonyl (C=O) groups excluding carboxylic acids is 2. The van der Waals surface area contributed by atoms with Gasteiger partial charge in [0, 0.05) is 37.4 Å². The maximum absolute atomic E-state index is 14.3. The van der Waals surface area contributed by atoms with E-state index in [9.17, 15) is 14.9 Å². The fourth-order valence-corrected chi connectivity index (χ4v) is 10.7. The molecule has 4 saturated carbocycles. The Kier molecular flexibility index (Phi) is 8.18. The van der Waals surface area contributed by atoms with E-state index in [0.717, 1.165) is 43.7 Å². The zero-order chi connectivity index (χ0) is 29.7. The first-order valence-electron chi connectivity index (χ1n) is 16.4. The fourth-order valence-electron chi connectivity index (χ4n) is 10.7. The zero-order valence-corrected chi connectivity index (χ0v) is 26.4. The molecule has 1 heterocycles. The molecule has 0 spiro atoms. The van der Waals surface area contributed by atoms with Crippen LogP contribution in [0.4, 0.5) is 0 Å². The highest BCUT2D eigenvalue weighted by atomic mass is 16.5. The third kappa shape index (κ3) is 4.75. The Labute approximate surface area is 247 Å². The second-order valence-electron chi connectivity index (χ2n) is 14.6. The van der Waals surface area contributed by atoms with Gasteiger partial charge in [-0.2, -0.15) is 5.26 Å². The number of aryl methyl sites for hydroxylation is 1. The summed E-state index contributed by atoms with van der Waals surface area (Å²) in [4.78, 5) is 27.3. The summed E-state index contributed by atoms with van der Waals surface area (Å²) in [5.41, 5.74) is 1.19. The van der Waals surface area contributed by atoms with Crippen molar-refractivity contribution in [1.29, 1.82) is 5.26 Å². The SMILES string of the molecule is CC.Cc1cc(CNCC23CCC(C)CC2C2C(=O)CC4C5(C)C=C(C#N)C(=O)C(C)C5CCC4(C)C2CC3)no1. The van der Waals surface area contributed by atoms with Crippen LogP contribution in [0.25, 0.3) is 0 Å². The van der Waals surface area contributed by atoms with Crippen molar-refractivity contribution in [3.05, 3.63) is 29.2 Å². The Hall–Kier alpha value is -2.26. The van der Waals surface area contributed by atoms with Crippen molar-refractivity contribution in [2.24, 2.45) is 57.7 Å². The minimum atomic E-state index is -0.280. The van der Waals surface area contributed by atoms with Gasteiger partial charge in [-0.15, -0.1) is 0 Å². The van der Waals surface area contributed by atoms with Crippen LogP contribution in [0.1, 0.15) is 104 Å². The van der Waals surface area contributed by atoms with E-state index in [-0.39, 0.29) is 45.7 Å². The second kappa shape index (κ2) is 11.1. The number of nitrogens with zero attached hydrogens (tertiary/aromatic N) is 2. The summed E-state index contributed by atoms with van der Waals surface area (Å²) in [6.07, 6.45) is 10.5. The van der Waals surface area contributed by atoms with Gasteiger partial charge < -0.3 is 9.84 Å². The van der Waals surface area contributed by atoms with Gasteiger partial charge in [0.2, 0.25) is 0 Å². The number of ketones is 2. The Bertz CT molecular complexity index is 1240. The van der Waals surface area contributed by atoms with Crippen LogP contribution >= 0.6 is 0 Å². The van der Waals surface area contributed by atoms with Crippen molar-refractivity contribution < 1.29 is 14.1 Å². The molecule has 5 aliphatic carbocycles. The van der Waals surface area contributed by atoms with Gasteiger partial charge in [0.25, 0.3) is 0 Å². The summed E-state index contributed by atoms with van der Waals surface area (Å²) in [6.45, 7) is 16.7. The molecule has 6 rings (SSSR count). The van der Waals surface area contributed by atoms with E-state index in [0.29, 0.717) is 42.1 Å². The minimum absolute atomic E-state index is 0.00415. The van der Waals surface area contributed by atoms with Gasteiger partial charge in [-0.3, -0.25) is 9.59 Å². The number of nitriles is 1. The lowest BCUT2D eigenvalue weighted by molar-refractivity contribution is -0.183. The van der Waals surface area contributed by atoms with Crippen LogP contribution in [-0.4, -0.2) is 23.3 Å². The highest BCUT2D eigenvalue weighted by Gasteiger charge is 2.66. The first-order valence-corrected chi connectivity index (χ1v) is 16.4. The zero-order valence-electron chi connectivity index (χ0n) is 26.4. The second-order valence-corrected chi connectivity index (χ2v) is 14.6. The normalized spacial score (nSPS) is 43.3. The molecular weight excluding hydrogens is 510 g/mol. The van der Waals surface area contributed by atoms with Gasteiger partial charge in [-0.25, -0.2) is 0 Å². The first-order chi connectivity index (χ1) is 19.5. The number of nitrogens with one attached hydrogen (secondary N) is 1. The van der Waals surface area contributed by atoms with Crippen molar-refractivity contribution in [1.82, 2.24) is 10.5 Å². The van der Waals surface area contributed by atoms with Crippen molar-refractivity contribution in [2.45, 2.75) is 106 Å². The van der Waals surface area contributed by atoms with E-state index in [4.69, 9.17) is 4.52 Å². The number of fused-ring (bicyclic) bond motifs is 7. The number of hydrogen-bond acceptors (Lipinski definition) is 6. The molecule has 0 aromatic carbocycles. The molecule has 4 fully saturated rings. The maximum atomic E-state index is 14.3. The summed E-state index contributed by atoms with van der Waals surface area (Å²) in [7, 11) is 0. The van der Waals surface area contributed by atoms with E-state index in [2.05, 4.69) is 37.3 Å². The van der Waals surface area contributed by atoms with Crippen LogP contribution in [0.5, 0.6) is 0 Å². The van der Waals surface area contributed by atoms with E-state index in [1.54, 1.807) is 0 Å². The van der Waals surface area contributed by atoms with E-state index in [1.165, 1.54) is 19.3 Å². The van der Waals surface area contributed by atoms with Crippen molar-refractivity contribution in [3.63, 3.8) is 0 Å². The molecule has 0 aliphatic heterocycles. The van der Waals surface area contributed by atoms with Crippen LogP contribution in [0.2, 0.25) is 0 Å². The molecule has 41 heavy (non-hydrogen) atoms. The Morgan fingerprint density at radius 1 is 1.07 bits per heavy atom. The van der Waals surface area contributed by atoms with Gasteiger partial charge in [0.05, 0.1) is 11.3 Å². The molecule has 6 heteroatoms. The Morgan fingerprint density at radius 3 is 2.46 bits per heavy atom. The summed E-state index contributed by atoms with van der Waals surface area (Å²) in [5, 5.41) is 17.7. The van der Waals surface area contributed by atoms with Crippen LogP contribution in [0.3, 0.4) is 0 Å². The van der Waals surface area contributed by atoms with Gasteiger partial charge in [0.1, 0.15) is 17.6 Å². The number of carbonyl (C=O) groups is 2. The van der Waals surface area contributed by atoms with Crippen LogP contribution in [0.15, 0.2) is 22.2 Å². The van der Waals surface area contributed by atoms with E-state index in [1.807, 2.05) is 39.8 Å². The minimum Gasteiger partial charge on any atom is -0.361 e.